The molecular weight excluding hydrogens is 254 g/mol. The van der Waals surface area contributed by atoms with Gasteiger partial charge in [0.2, 0.25) is 0 Å². The molecule has 20 heavy (non-hydrogen) atoms. The molecule has 0 fully saturated rings. The number of methoxy groups -OCH3 is 2. The molecule has 4 heteroatoms. The molecule has 0 amide bonds. The third-order valence-electron chi connectivity index (χ3n) is 3.19. The largest absolute Gasteiger partial charge is 0.467 e. The van der Waals surface area contributed by atoms with Gasteiger partial charge in [-0.25, -0.2) is 4.79 Å². The van der Waals surface area contributed by atoms with E-state index in [1.54, 1.807) is 0 Å². The van der Waals surface area contributed by atoms with Crippen LogP contribution in [0.15, 0.2) is 24.3 Å². The highest BCUT2D eigenvalue weighted by Crippen LogP contribution is 2.26. The lowest BCUT2D eigenvalue weighted by atomic mass is 10.0. The van der Waals surface area contributed by atoms with Gasteiger partial charge in [0.25, 0.3) is 0 Å². The van der Waals surface area contributed by atoms with Crippen LogP contribution in [0.1, 0.15) is 25.3 Å². The third-order valence-corrected chi connectivity index (χ3v) is 3.19. The summed E-state index contributed by atoms with van der Waals surface area (Å²) in [4.78, 5) is 12.6. The van der Waals surface area contributed by atoms with E-state index in [-0.39, 0.29) is 12.6 Å². The fourth-order valence-corrected chi connectivity index (χ4v) is 2.29. The fourth-order valence-electron chi connectivity index (χ4n) is 2.29. The number of aryl methyl sites for hydroxylation is 1. The maximum atomic E-state index is 10.1. The predicted molar refractivity (Wildman–Crippen MR) is 81.2 cm³/mol. The Labute approximate surface area is 121 Å². The van der Waals surface area contributed by atoms with Gasteiger partial charge in [-0.15, -0.1) is 0 Å². The standard InChI is InChI=1S/C12H17N.C4H8O3/c1-2-9-13-10-5-7-11-6-3-4-8-12(11)13;1-6-3-4(5)7-2/h3-4,6,8H,2,5,7,9-10H2,1H3;3H2,1-2H3. The Morgan fingerprint density at radius 1 is 1.30 bits per heavy atom. The molecule has 0 atom stereocenters. The van der Waals surface area contributed by atoms with Gasteiger partial charge in [-0.1, -0.05) is 25.1 Å². The van der Waals surface area contributed by atoms with Crippen molar-refractivity contribution >= 4 is 11.7 Å². The molecule has 1 aliphatic heterocycles. The van der Waals surface area contributed by atoms with Crippen LogP contribution in [0.2, 0.25) is 0 Å². The first kappa shape index (κ1) is 16.5. The molecule has 2 rings (SSSR count). The molecule has 0 saturated carbocycles. The second-order valence-corrected chi connectivity index (χ2v) is 4.73. The lowest BCUT2D eigenvalue weighted by Crippen LogP contribution is -2.29. The Balaban J connectivity index is 0.000000246. The second-order valence-electron chi connectivity index (χ2n) is 4.73. The van der Waals surface area contributed by atoms with E-state index in [9.17, 15) is 4.79 Å². The molecule has 1 aromatic rings. The summed E-state index contributed by atoms with van der Waals surface area (Å²) >= 11 is 0. The molecule has 0 aromatic heterocycles. The molecule has 0 N–H and O–H groups in total. The monoisotopic (exact) mass is 279 g/mol. The quantitative estimate of drug-likeness (QED) is 0.794. The van der Waals surface area contributed by atoms with E-state index in [2.05, 4.69) is 45.6 Å². The molecule has 112 valence electrons. The maximum absolute atomic E-state index is 10.1. The van der Waals surface area contributed by atoms with Gasteiger partial charge in [-0.2, -0.15) is 0 Å². The molecule has 1 heterocycles. The van der Waals surface area contributed by atoms with Crippen molar-refractivity contribution in [3.63, 3.8) is 0 Å². The van der Waals surface area contributed by atoms with Crippen molar-refractivity contribution in [2.45, 2.75) is 26.2 Å². The number of carbonyl (C=O) groups excluding carboxylic acids is 1. The van der Waals surface area contributed by atoms with Crippen molar-refractivity contribution < 1.29 is 14.3 Å². The number of carbonyl (C=O) groups is 1. The molecule has 0 unspecified atom stereocenters. The minimum Gasteiger partial charge on any atom is -0.467 e. The molecule has 0 spiro atoms. The molecule has 0 saturated heterocycles. The average molecular weight is 279 g/mol. The summed E-state index contributed by atoms with van der Waals surface area (Å²) < 4.78 is 8.65. The number of rotatable bonds is 4. The van der Waals surface area contributed by atoms with E-state index in [0.717, 1.165) is 0 Å². The highest BCUT2D eigenvalue weighted by atomic mass is 16.6. The summed E-state index contributed by atoms with van der Waals surface area (Å²) in [6.45, 7) is 4.73. The van der Waals surface area contributed by atoms with Crippen LogP contribution in [0.5, 0.6) is 0 Å². The number of para-hydroxylation sites is 1. The Kier molecular flexibility index (Phi) is 7.73. The van der Waals surface area contributed by atoms with Gasteiger partial charge in [0.15, 0.2) is 0 Å². The summed E-state index contributed by atoms with van der Waals surface area (Å²) in [6.07, 6.45) is 3.82. The number of fused-ring (bicyclic) bond motifs is 1. The molecule has 4 nitrogen and oxygen atoms in total. The van der Waals surface area contributed by atoms with Crippen LogP contribution < -0.4 is 4.90 Å². The Morgan fingerprint density at radius 3 is 2.65 bits per heavy atom. The summed E-state index contributed by atoms with van der Waals surface area (Å²) in [7, 11) is 2.76. The van der Waals surface area contributed by atoms with Crippen LogP contribution in [0.4, 0.5) is 5.69 Å². The smallest absolute Gasteiger partial charge is 0.331 e. The molecular formula is C16H25NO3. The van der Waals surface area contributed by atoms with Gasteiger partial charge in [0, 0.05) is 25.9 Å². The lowest BCUT2D eigenvalue weighted by molar-refractivity contribution is -0.144. The third kappa shape index (κ3) is 5.21. The van der Waals surface area contributed by atoms with Crippen LogP contribution >= 0.6 is 0 Å². The molecule has 0 aliphatic carbocycles. The minimum absolute atomic E-state index is 0.0382. The number of esters is 1. The fraction of sp³-hybridized carbons (Fsp3) is 0.562. The van der Waals surface area contributed by atoms with E-state index in [4.69, 9.17) is 0 Å². The van der Waals surface area contributed by atoms with Crippen molar-refractivity contribution in [1.82, 2.24) is 0 Å². The normalized spacial score (nSPS) is 13.1. The van der Waals surface area contributed by atoms with E-state index in [1.165, 1.54) is 57.8 Å². The number of anilines is 1. The van der Waals surface area contributed by atoms with Gasteiger partial charge < -0.3 is 14.4 Å². The topological polar surface area (TPSA) is 38.8 Å². The Hall–Kier alpha value is -1.55. The van der Waals surface area contributed by atoms with Crippen LogP contribution in [0.3, 0.4) is 0 Å². The van der Waals surface area contributed by atoms with Crippen molar-refractivity contribution in [1.29, 1.82) is 0 Å². The van der Waals surface area contributed by atoms with Crippen molar-refractivity contribution in [2.24, 2.45) is 0 Å². The van der Waals surface area contributed by atoms with Gasteiger partial charge in [0.05, 0.1) is 7.11 Å². The minimum atomic E-state index is -0.345. The van der Waals surface area contributed by atoms with Gasteiger partial charge >= 0.3 is 5.97 Å². The van der Waals surface area contributed by atoms with Gasteiger partial charge in [-0.05, 0) is 30.9 Å². The van der Waals surface area contributed by atoms with E-state index in [1.807, 2.05) is 0 Å². The zero-order chi connectivity index (χ0) is 14.8. The van der Waals surface area contributed by atoms with Crippen LogP contribution in [0.25, 0.3) is 0 Å². The summed E-state index contributed by atoms with van der Waals surface area (Å²) in [5.74, 6) is -0.345. The van der Waals surface area contributed by atoms with E-state index in [0.29, 0.717) is 0 Å². The van der Waals surface area contributed by atoms with Crippen LogP contribution in [-0.4, -0.2) is 39.9 Å². The van der Waals surface area contributed by atoms with Crippen molar-refractivity contribution in [2.75, 3.05) is 38.8 Å². The molecule has 1 aromatic carbocycles. The van der Waals surface area contributed by atoms with E-state index < -0.39 is 0 Å². The Morgan fingerprint density at radius 2 is 2.05 bits per heavy atom. The maximum Gasteiger partial charge on any atom is 0.331 e. The summed E-state index contributed by atoms with van der Waals surface area (Å²) in [5.41, 5.74) is 3.00. The average Bonchev–Trinajstić information content (AvgIpc) is 2.49. The van der Waals surface area contributed by atoms with Gasteiger partial charge in [-0.3, -0.25) is 0 Å². The number of hydrogen-bond donors (Lipinski definition) is 0. The summed E-state index contributed by atoms with van der Waals surface area (Å²) in [5, 5.41) is 0. The van der Waals surface area contributed by atoms with Crippen LogP contribution in [0, 0.1) is 0 Å². The zero-order valence-corrected chi connectivity index (χ0v) is 12.7. The zero-order valence-electron chi connectivity index (χ0n) is 12.7. The first-order valence-corrected chi connectivity index (χ1v) is 7.11. The first-order valence-electron chi connectivity index (χ1n) is 7.11. The SMILES string of the molecule is CCCN1CCCc2ccccc21.COCC(=O)OC. The van der Waals surface area contributed by atoms with Crippen LogP contribution in [-0.2, 0) is 20.7 Å². The molecule has 1 aliphatic rings. The number of hydrogen-bond acceptors (Lipinski definition) is 4. The summed E-state index contributed by atoms with van der Waals surface area (Å²) in [6, 6.07) is 8.81. The molecule has 0 radical (unpaired) electrons. The lowest BCUT2D eigenvalue weighted by Gasteiger charge is -2.30. The highest BCUT2D eigenvalue weighted by Gasteiger charge is 2.14. The number of nitrogens with zero attached hydrogens (tertiary/aromatic N) is 1. The van der Waals surface area contributed by atoms with E-state index >= 15 is 0 Å². The number of ether oxygens (including phenoxy) is 2. The molecule has 0 bridgehead atoms. The van der Waals surface area contributed by atoms with Crippen molar-refractivity contribution in [3.05, 3.63) is 29.8 Å². The van der Waals surface area contributed by atoms with Crippen molar-refractivity contribution in [3.8, 4) is 0 Å². The first-order chi connectivity index (χ1) is 9.72. The number of benzene rings is 1. The Bertz CT molecular complexity index is 406. The van der Waals surface area contributed by atoms with Gasteiger partial charge in [0.1, 0.15) is 6.61 Å². The highest BCUT2D eigenvalue weighted by molar-refractivity contribution is 5.70. The second kappa shape index (κ2) is 9.37. The predicted octanol–water partition coefficient (Wildman–Crippen LogP) is 2.66.